The van der Waals surface area contributed by atoms with Crippen LogP contribution in [0.2, 0.25) is 0 Å². The average Bonchev–Trinajstić information content (AvgIpc) is 2.65. The summed E-state index contributed by atoms with van der Waals surface area (Å²) in [5.41, 5.74) is 0.548. The minimum atomic E-state index is -1.11. The molecule has 1 aromatic heterocycles. The summed E-state index contributed by atoms with van der Waals surface area (Å²) >= 11 is 0. The second kappa shape index (κ2) is 4.36. The SMILES string of the molecule is CNC(=O)Cn1c(=O)oc2ccc(C(=O)O)cc21. The van der Waals surface area contributed by atoms with Crippen LogP contribution >= 0.6 is 0 Å². The van der Waals surface area contributed by atoms with Crippen molar-refractivity contribution in [1.82, 2.24) is 9.88 Å². The molecular formula is C11H10N2O5. The highest BCUT2D eigenvalue weighted by Gasteiger charge is 2.14. The molecule has 7 nitrogen and oxygen atoms in total. The topological polar surface area (TPSA) is 102 Å². The number of hydrogen-bond donors (Lipinski definition) is 2. The summed E-state index contributed by atoms with van der Waals surface area (Å²) in [6.45, 7) is -0.217. The summed E-state index contributed by atoms with van der Waals surface area (Å²) in [6, 6.07) is 4.02. The third-order valence-electron chi connectivity index (χ3n) is 2.49. The second-order valence-electron chi connectivity index (χ2n) is 3.61. The van der Waals surface area contributed by atoms with Crippen LogP contribution < -0.4 is 11.1 Å². The van der Waals surface area contributed by atoms with Gasteiger partial charge in [0.05, 0.1) is 11.1 Å². The summed E-state index contributed by atoms with van der Waals surface area (Å²) in [5, 5.41) is 11.2. The Kier molecular flexibility index (Phi) is 2.88. The molecule has 1 amide bonds. The number of likely N-dealkylation sites (N-methyl/N-ethyl adjacent to an activating group) is 1. The lowest BCUT2D eigenvalue weighted by molar-refractivity contribution is -0.121. The minimum absolute atomic E-state index is 0.0222. The van der Waals surface area contributed by atoms with Crippen molar-refractivity contribution in [3.8, 4) is 0 Å². The van der Waals surface area contributed by atoms with E-state index in [-0.39, 0.29) is 29.1 Å². The third-order valence-corrected chi connectivity index (χ3v) is 2.49. The van der Waals surface area contributed by atoms with Gasteiger partial charge in [-0.1, -0.05) is 0 Å². The zero-order chi connectivity index (χ0) is 13.3. The maximum Gasteiger partial charge on any atom is 0.420 e. The summed E-state index contributed by atoms with van der Waals surface area (Å²) in [4.78, 5) is 33.6. The number of aromatic nitrogens is 1. The van der Waals surface area contributed by atoms with E-state index in [0.717, 1.165) is 4.57 Å². The predicted molar refractivity (Wildman–Crippen MR) is 61.5 cm³/mol. The van der Waals surface area contributed by atoms with Gasteiger partial charge >= 0.3 is 11.7 Å². The van der Waals surface area contributed by atoms with Crippen LogP contribution in [0.1, 0.15) is 10.4 Å². The maximum absolute atomic E-state index is 11.5. The minimum Gasteiger partial charge on any atom is -0.478 e. The van der Waals surface area contributed by atoms with E-state index < -0.39 is 11.7 Å². The molecule has 2 rings (SSSR count). The standard InChI is InChI=1S/C11H10N2O5/c1-12-9(14)5-13-7-4-6(10(15)16)2-3-8(7)18-11(13)17/h2-4H,5H2,1H3,(H,12,14)(H,15,16). The Morgan fingerprint density at radius 3 is 2.78 bits per heavy atom. The fraction of sp³-hybridized carbons (Fsp3) is 0.182. The summed E-state index contributed by atoms with van der Waals surface area (Å²) in [5.74, 6) is -2.19. The molecule has 0 unspecified atom stereocenters. The van der Waals surface area contributed by atoms with E-state index in [9.17, 15) is 14.4 Å². The smallest absolute Gasteiger partial charge is 0.420 e. The number of carboxylic acid groups (broad SMARTS) is 1. The van der Waals surface area contributed by atoms with Gasteiger partial charge in [0.1, 0.15) is 6.54 Å². The Labute approximate surface area is 101 Å². The van der Waals surface area contributed by atoms with E-state index in [1.165, 1.54) is 25.2 Å². The number of benzene rings is 1. The van der Waals surface area contributed by atoms with Crippen LogP contribution in [0, 0.1) is 0 Å². The van der Waals surface area contributed by atoms with E-state index in [0.29, 0.717) is 0 Å². The van der Waals surface area contributed by atoms with Crippen LogP contribution in [-0.2, 0) is 11.3 Å². The Balaban J connectivity index is 2.60. The molecular weight excluding hydrogens is 240 g/mol. The number of amides is 1. The number of rotatable bonds is 3. The van der Waals surface area contributed by atoms with Crippen molar-refractivity contribution in [1.29, 1.82) is 0 Å². The number of oxazole rings is 1. The molecule has 0 saturated carbocycles. The molecule has 0 aliphatic carbocycles. The number of fused-ring (bicyclic) bond motifs is 1. The number of nitrogens with zero attached hydrogens (tertiary/aromatic N) is 1. The van der Waals surface area contributed by atoms with Crippen LogP contribution in [0.5, 0.6) is 0 Å². The van der Waals surface area contributed by atoms with Gasteiger partial charge in [-0.05, 0) is 18.2 Å². The first-order valence-electron chi connectivity index (χ1n) is 5.10. The van der Waals surface area contributed by atoms with Crippen molar-refractivity contribution in [2.24, 2.45) is 0 Å². The molecule has 0 aliphatic rings. The van der Waals surface area contributed by atoms with Crippen molar-refractivity contribution in [3.63, 3.8) is 0 Å². The van der Waals surface area contributed by atoms with Crippen LogP contribution in [0.15, 0.2) is 27.4 Å². The Morgan fingerprint density at radius 2 is 2.17 bits per heavy atom. The van der Waals surface area contributed by atoms with Crippen molar-refractivity contribution < 1.29 is 19.1 Å². The van der Waals surface area contributed by atoms with Gasteiger partial charge in [0, 0.05) is 7.05 Å². The zero-order valence-electron chi connectivity index (χ0n) is 9.47. The molecule has 94 valence electrons. The van der Waals surface area contributed by atoms with Crippen molar-refractivity contribution >= 4 is 23.0 Å². The highest BCUT2D eigenvalue weighted by atomic mass is 16.4. The first-order chi connectivity index (χ1) is 8.52. The molecule has 0 spiro atoms. The van der Waals surface area contributed by atoms with Gasteiger partial charge in [0.2, 0.25) is 5.91 Å². The normalized spacial score (nSPS) is 10.5. The molecule has 0 radical (unpaired) electrons. The molecule has 1 heterocycles. The molecule has 0 fully saturated rings. The van der Waals surface area contributed by atoms with Gasteiger partial charge in [0.25, 0.3) is 0 Å². The largest absolute Gasteiger partial charge is 0.478 e. The van der Waals surface area contributed by atoms with Gasteiger partial charge in [0.15, 0.2) is 5.58 Å². The molecule has 2 aromatic rings. The van der Waals surface area contributed by atoms with Crippen LogP contribution in [-0.4, -0.2) is 28.6 Å². The Morgan fingerprint density at radius 1 is 1.44 bits per heavy atom. The lowest BCUT2D eigenvalue weighted by Gasteiger charge is -2.01. The monoisotopic (exact) mass is 250 g/mol. The van der Waals surface area contributed by atoms with E-state index in [1.807, 2.05) is 0 Å². The molecule has 0 saturated heterocycles. The molecule has 0 aliphatic heterocycles. The highest BCUT2D eigenvalue weighted by molar-refractivity contribution is 5.92. The highest BCUT2D eigenvalue weighted by Crippen LogP contribution is 2.15. The van der Waals surface area contributed by atoms with Crippen LogP contribution in [0.4, 0.5) is 0 Å². The zero-order valence-corrected chi connectivity index (χ0v) is 9.47. The Hall–Kier alpha value is -2.57. The summed E-state index contributed by atoms with van der Waals surface area (Å²) < 4.78 is 6.00. The van der Waals surface area contributed by atoms with E-state index in [2.05, 4.69) is 5.32 Å². The lowest BCUT2D eigenvalue weighted by Crippen LogP contribution is -2.27. The van der Waals surface area contributed by atoms with Crippen LogP contribution in [0.3, 0.4) is 0 Å². The van der Waals surface area contributed by atoms with Crippen molar-refractivity contribution in [2.45, 2.75) is 6.54 Å². The molecule has 2 N–H and O–H groups in total. The number of carbonyl (C=O) groups is 2. The average molecular weight is 250 g/mol. The Bertz CT molecular complexity index is 682. The van der Waals surface area contributed by atoms with Crippen LogP contribution in [0.25, 0.3) is 11.1 Å². The first kappa shape index (κ1) is 11.9. The number of nitrogens with one attached hydrogen (secondary N) is 1. The molecule has 7 heteroatoms. The second-order valence-corrected chi connectivity index (χ2v) is 3.61. The number of carboxylic acids is 1. The number of aromatic carboxylic acids is 1. The van der Waals surface area contributed by atoms with E-state index >= 15 is 0 Å². The number of carbonyl (C=O) groups excluding carboxylic acids is 1. The first-order valence-corrected chi connectivity index (χ1v) is 5.10. The van der Waals surface area contributed by atoms with E-state index in [4.69, 9.17) is 9.52 Å². The predicted octanol–water partition coefficient (Wildman–Crippen LogP) is 0.0387. The van der Waals surface area contributed by atoms with Gasteiger partial charge < -0.3 is 14.8 Å². The van der Waals surface area contributed by atoms with Gasteiger partial charge in [-0.25, -0.2) is 9.59 Å². The quantitative estimate of drug-likeness (QED) is 0.800. The lowest BCUT2D eigenvalue weighted by atomic mass is 10.2. The molecule has 18 heavy (non-hydrogen) atoms. The maximum atomic E-state index is 11.5. The fourth-order valence-electron chi connectivity index (χ4n) is 1.57. The molecule has 1 aromatic carbocycles. The molecule has 0 atom stereocenters. The van der Waals surface area contributed by atoms with E-state index in [1.54, 1.807) is 0 Å². The summed E-state index contributed by atoms with van der Waals surface area (Å²) in [7, 11) is 1.44. The van der Waals surface area contributed by atoms with Gasteiger partial charge in [-0.15, -0.1) is 0 Å². The van der Waals surface area contributed by atoms with Crippen molar-refractivity contribution in [3.05, 3.63) is 34.3 Å². The number of hydrogen-bond acceptors (Lipinski definition) is 4. The molecule has 0 bridgehead atoms. The summed E-state index contributed by atoms with van der Waals surface area (Å²) in [6.07, 6.45) is 0. The van der Waals surface area contributed by atoms with Gasteiger partial charge in [-0.2, -0.15) is 0 Å². The van der Waals surface area contributed by atoms with Gasteiger partial charge in [-0.3, -0.25) is 9.36 Å². The van der Waals surface area contributed by atoms with Crippen molar-refractivity contribution in [2.75, 3.05) is 7.05 Å². The third kappa shape index (κ3) is 1.97. The fourth-order valence-corrected chi connectivity index (χ4v) is 1.57.